The molecule has 3 fully saturated rings. The lowest BCUT2D eigenvalue weighted by Gasteiger charge is -2.33. The Morgan fingerprint density at radius 1 is 1.06 bits per heavy atom. The van der Waals surface area contributed by atoms with Gasteiger partial charge in [-0.25, -0.2) is 9.97 Å². The van der Waals surface area contributed by atoms with Crippen molar-refractivity contribution in [3.8, 4) is 0 Å². The first-order valence-electron chi connectivity index (χ1n) is 12.2. The van der Waals surface area contributed by atoms with Gasteiger partial charge >= 0.3 is 0 Å². The van der Waals surface area contributed by atoms with E-state index in [-0.39, 0.29) is 5.91 Å². The molecule has 9 nitrogen and oxygen atoms in total. The molecule has 2 saturated heterocycles. The van der Waals surface area contributed by atoms with Gasteiger partial charge in [0.05, 0.1) is 11.9 Å². The number of aromatic nitrogens is 3. The van der Waals surface area contributed by atoms with Gasteiger partial charge in [-0.05, 0) is 38.4 Å². The highest BCUT2D eigenvalue weighted by molar-refractivity contribution is 5.94. The summed E-state index contributed by atoms with van der Waals surface area (Å²) in [6.45, 7) is 4.94. The molecule has 2 aromatic rings. The third kappa shape index (κ3) is 3.78. The van der Waals surface area contributed by atoms with Gasteiger partial charge in [0.15, 0.2) is 0 Å². The summed E-state index contributed by atoms with van der Waals surface area (Å²) in [7, 11) is 2.15. The molecule has 3 aliphatic heterocycles. The summed E-state index contributed by atoms with van der Waals surface area (Å²) >= 11 is 0. The average Bonchev–Trinajstić information content (AvgIpc) is 3.55. The molecule has 1 saturated carbocycles. The number of nitrogens with zero attached hydrogens (tertiary/aromatic N) is 6. The fourth-order valence-electron chi connectivity index (χ4n) is 5.75. The van der Waals surface area contributed by atoms with Crippen molar-refractivity contribution in [2.24, 2.45) is 0 Å². The van der Waals surface area contributed by atoms with E-state index in [0.717, 1.165) is 74.9 Å². The van der Waals surface area contributed by atoms with Crippen LogP contribution in [0.3, 0.4) is 0 Å². The molecular weight excluding hydrogens is 416 g/mol. The maximum Gasteiger partial charge on any atom is 0.248 e. The molecule has 1 spiro atoms. The van der Waals surface area contributed by atoms with Gasteiger partial charge in [0.1, 0.15) is 17.2 Å². The van der Waals surface area contributed by atoms with Crippen LogP contribution in [0.25, 0.3) is 0 Å². The van der Waals surface area contributed by atoms with Crippen molar-refractivity contribution in [1.82, 2.24) is 24.8 Å². The van der Waals surface area contributed by atoms with E-state index < -0.39 is 5.54 Å². The van der Waals surface area contributed by atoms with Gasteiger partial charge in [-0.1, -0.05) is 12.8 Å². The molecular formula is C24H32N8O. The Morgan fingerprint density at radius 2 is 1.88 bits per heavy atom. The van der Waals surface area contributed by atoms with Crippen LogP contribution < -0.4 is 15.5 Å². The molecule has 0 bridgehead atoms. The fourth-order valence-corrected chi connectivity index (χ4v) is 5.75. The largest absolute Gasteiger partial charge is 0.355 e. The lowest BCUT2D eigenvalue weighted by molar-refractivity contribution is -0.133. The highest BCUT2D eigenvalue weighted by atomic mass is 16.2. The first-order chi connectivity index (χ1) is 16.1. The number of likely N-dealkylation sites (N-methyl/N-ethyl adjacent to an activating group) is 1. The standard InChI is InChI=1S/C24H32N8O/c1-30-10-12-31(13-11-30)20-7-6-18(16-25-20)27-23-26-15-17-14-24(29-21(17)28-23)8-9-32(22(24)33)19-4-2-3-5-19/h6-7,15-16,19H,2-5,8-14H2,1H3,(H2,26,27,28,29). The van der Waals surface area contributed by atoms with Crippen LogP contribution in [0.15, 0.2) is 24.5 Å². The summed E-state index contributed by atoms with van der Waals surface area (Å²) in [5.74, 6) is 2.53. The van der Waals surface area contributed by atoms with Crippen molar-refractivity contribution in [2.45, 2.75) is 50.1 Å². The zero-order valence-corrected chi connectivity index (χ0v) is 19.3. The molecule has 4 aliphatic rings. The molecule has 0 radical (unpaired) electrons. The van der Waals surface area contributed by atoms with Gasteiger partial charge in [0.25, 0.3) is 0 Å². The van der Waals surface area contributed by atoms with Crippen LogP contribution in [0.4, 0.5) is 23.3 Å². The van der Waals surface area contributed by atoms with Gasteiger partial charge in [-0.15, -0.1) is 0 Å². The molecule has 5 heterocycles. The third-order valence-corrected chi connectivity index (χ3v) is 7.76. The highest BCUT2D eigenvalue weighted by Gasteiger charge is 2.52. The molecule has 33 heavy (non-hydrogen) atoms. The van der Waals surface area contributed by atoms with E-state index in [4.69, 9.17) is 4.98 Å². The molecule has 9 heteroatoms. The Hall–Kier alpha value is -2.94. The molecule has 1 aliphatic carbocycles. The highest BCUT2D eigenvalue weighted by Crippen LogP contribution is 2.40. The van der Waals surface area contributed by atoms with Crippen LogP contribution in [0, 0.1) is 0 Å². The number of piperazine rings is 1. The average molecular weight is 449 g/mol. The fraction of sp³-hybridized carbons (Fsp3) is 0.583. The Balaban J connectivity index is 1.12. The molecule has 1 atom stereocenters. The lowest BCUT2D eigenvalue weighted by atomic mass is 9.94. The summed E-state index contributed by atoms with van der Waals surface area (Å²) < 4.78 is 0. The van der Waals surface area contributed by atoms with Crippen molar-refractivity contribution in [1.29, 1.82) is 0 Å². The Morgan fingerprint density at radius 3 is 2.64 bits per heavy atom. The quantitative estimate of drug-likeness (QED) is 0.736. The van der Waals surface area contributed by atoms with E-state index in [1.165, 1.54) is 12.8 Å². The number of amides is 1. The Labute approximate surface area is 194 Å². The zero-order valence-electron chi connectivity index (χ0n) is 19.3. The summed E-state index contributed by atoms with van der Waals surface area (Å²) in [6.07, 6.45) is 9.95. The molecule has 174 valence electrons. The van der Waals surface area contributed by atoms with Gasteiger partial charge in [0.2, 0.25) is 11.9 Å². The first kappa shape index (κ1) is 20.7. The van der Waals surface area contributed by atoms with E-state index in [9.17, 15) is 4.79 Å². The number of pyridine rings is 1. The SMILES string of the molecule is CN1CCN(c2ccc(Nc3ncc4c(n3)NC3(CCN(C5CCCC5)C3=O)C4)cn2)CC1. The number of rotatable bonds is 4. The molecule has 0 aromatic carbocycles. The molecule has 6 rings (SSSR count). The van der Waals surface area contributed by atoms with Crippen LogP contribution in [-0.4, -0.2) is 82.0 Å². The van der Waals surface area contributed by atoms with Crippen LogP contribution in [0.2, 0.25) is 0 Å². The van der Waals surface area contributed by atoms with Crippen molar-refractivity contribution in [3.05, 3.63) is 30.1 Å². The summed E-state index contributed by atoms with van der Waals surface area (Å²) in [4.78, 5) is 33.9. The van der Waals surface area contributed by atoms with Crippen molar-refractivity contribution < 1.29 is 4.79 Å². The maximum atomic E-state index is 13.3. The van der Waals surface area contributed by atoms with Gasteiger partial charge in [-0.3, -0.25) is 4.79 Å². The monoisotopic (exact) mass is 448 g/mol. The number of nitrogens with one attached hydrogen (secondary N) is 2. The Bertz CT molecular complexity index is 1030. The van der Waals surface area contributed by atoms with E-state index in [1.54, 1.807) is 0 Å². The second kappa shape index (κ2) is 8.13. The van der Waals surface area contributed by atoms with Gasteiger partial charge in [0, 0.05) is 56.9 Å². The number of likely N-dealkylation sites (tertiary alicyclic amines) is 1. The second-order valence-electron chi connectivity index (χ2n) is 9.96. The minimum absolute atomic E-state index is 0.241. The number of carbonyl (C=O) groups excluding carboxylic acids is 1. The number of anilines is 4. The molecule has 2 aromatic heterocycles. The minimum atomic E-state index is -0.538. The van der Waals surface area contributed by atoms with Gasteiger partial charge < -0.3 is 25.3 Å². The number of hydrogen-bond acceptors (Lipinski definition) is 8. The maximum absolute atomic E-state index is 13.3. The normalized spacial score (nSPS) is 25.7. The van der Waals surface area contributed by atoms with Crippen molar-refractivity contribution in [3.63, 3.8) is 0 Å². The molecule has 1 amide bonds. The van der Waals surface area contributed by atoms with E-state index in [2.05, 4.69) is 42.3 Å². The predicted molar refractivity (Wildman–Crippen MR) is 128 cm³/mol. The van der Waals surface area contributed by atoms with E-state index >= 15 is 0 Å². The third-order valence-electron chi connectivity index (χ3n) is 7.76. The van der Waals surface area contributed by atoms with Crippen LogP contribution in [0.5, 0.6) is 0 Å². The summed E-state index contributed by atoms with van der Waals surface area (Å²) in [5.41, 5.74) is 1.33. The van der Waals surface area contributed by atoms with Crippen LogP contribution in [-0.2, 0) is 11.2 Å². The topological polar surface area (TPSA) is 89.5 Å². The van der Waals surface area contributed by atoms with Crippen LogP contribution in [0.1, 0.15) is 37.7 Å². The Kier molecular flexibility index (Phi) is 5.09. The predicted octanol–water partition coefficient (Wildman–Crippen LogP) is 2.25. The van der Waals surface area contributed by atoms with Crippen molar-refractivity contribution >= 4 is 29.2 Å². The number of fused-ring (bicyclic) bond motifs is 1. The molecule has 1 unspecified atom stereocenters. The summed E-state index contributed by atoms with van der Waals surface area (Å²) in [6, 6.07) is 4.49. The number of carbonyl (C=O) groups is 1. The smallest absolute Gasteiger partial charge is 0.248 e. The van der Waals surface area contributed by atoms with E-state index in [1.807, 2.05) is 24.5 Å². The zero-order chi connectivity index (χ0) is 22.4. The molecule has 2 N–H and O–H groups in total. The van der Waals surface area contributed by atoms with Gasteiger partial charge in [-0.2, -0.15) is 4.98 Å². The lowest BCUT2D eigenvalue weighted by Crippen LogP contribution is -2.47. The van der Waals surface area contributed by atoms with Crippen LogP contribution >= 0.6 is 0 Å². The number of hydrogen-bond donors (Lipinski definition) is 2. The van der Waals surface area contributed by atoms with Crippen molar-refractivity contribution in [2.75, 3.05) is 55.3 Å². The minimum Gasteiger partial charge on any atom is -0.355 e. The summed E-state index contributed by atoms with van der Waals surface area (Å²) in [5, 5.41) is 6.75. The second-order valence-corrected chi connectivity index (χ2v) is 9.96. The first-order valence-corrected chi connectivity index (χ1v) is 12.2. The van der Waals surface area contributed by atoms with E-state index in [0.29, 0.717) is 18.4 Å².